The summed E-state index contributed by atoms with van der Waals surface area (Å²) < 4.78 is 0. The predicted octanol–water partition coefficient (Wildman–Crippen LogP) is 3.28. The van der Waals surface area contributed by atoms with Gasteiger partial charge in [0.25, 0.3) is 5.91 Å². The first-order chi connectivity index (χ1) is 12.6. The van der Waals surface area contributed by atoms with Gasteiger partial charge in [0.1, 0.15) is 5.69 Å². The predicted molar refractivity (Wildman–Crippen MR) is 101 cm³/mol. The van der Waals surface area contributed by atoms with Crippen LogP contribution in [0.5, 0.6) is 0 Å². The van der Waals surface area contributed by atoms with Crippen LogP contribution >= 0.6 is 0 Å². The van der Waals surface area contributed by atoms with E-state index < -0.39 is 0 Å². The number of pyridine rings is 1. The van der Waals surface area contributed by atoms with Gasteiger partial charge < -0.3 is 10.6 Å². The Morgan fingerprint density at radius 2 is 1.85 bits per heavy atom. The molecule has 1 unspecified atom stereocenters. The molecule has 2 heterocycles. The zero-order valence-electron chi connectivity index (χ0n) is 14.8. The van der Waals surface area contributed by atoms with Crippen LogP contribution in [0.3, 0.4) is 0 Å². The lowest BCUT2D eigenvalue weighted by atomic mass is 10.1. The zero-order valence-corrected chi connectivity index (χ0v) is 14.8. The molecule has 0 aliphatic heterocycles. The Morgan fingerprint density at radius 1 is 1.08 bits per heavy atom. The molecule has 0 spiro atoms. The van der Waals surface area contributed by atoms with Crippen molar-refractivity contribution in [2.75, 3.05) is 5.32 Å². The molecule has 1 amide bonds. The molecule has 0 saturated heterocycles. The number of aromatic nitrogens is 3. The molecule has 0 aliphatic carbocycles. The highest BCUT2D eigenvalue weighted by atomic mass is 16.1. The average molecular weight is 347 g/mol. The minimum atomic E-state index is -0.229. The molecule has 0 fully saturated rings. The molecule has 2 N–H and O–H groups in total. The summed E-state index contributed by atoms with van der Waals surface area (Å²) in [6.07, 6.45) is 1.73. The van der Waals surface area contributed by atoms with Crippen LogP contribution in [-0.2, 0) is 6.54 Å². The van der Waals surface area contributed by atoms with E-state index in [0.29, 0.717) is 18.2 Å². The summed E-state index contributed by atoms with van der Waals surface area (Å²) in [5, 5.41) is 6.09. The normalized spacial score (nSPS) is 11.6. The molecule has 0 saturated carbocycles. The van der Waals surface area contributed by atoms with E-state index in [1.165, 1.54) is 0 Å². The first kappa shape index (κ1) is 17.5. The lowest BCUT2D eigenvalue weighted by Crippen LogP contribution is -2.28. The highest BCUT2D eigenvalue weighted by molar-refractivity contribution is 5.92. The van der Waals surface area contributed by atoms with Gasteiger partial charge in [-0.15, -0.1) is 0 Å². The van der Waals surface area contributed by atoms with Crippen LogP contribution in [-0.4, -0.2) is 20.9 Å². The van der Waals surface area contributed by atoms with Crippen LogP contribution in [0.15, 0.2) is 60.8 Å². The monoisotopic (exact) mass is 347 g/mol. The van der Waals surface area contributed by atoms with E-state index >= 15 is 0 Å². The molecule has 0 radical (unpaired) electrons. The first-order valence-electron chi connectivity index (χ1n) is 8.47. The summed E-state index contributed by atoms with van der Waals surface area (Å²) in [5.74, 6) is 0.181. The highest BCUT2D eigenvalue weighted by Crippen LogP contribution is 2.13. The Kier molecular flexibility index (Phi) is 5.53. The van der Waals surface area contributed by atoms with Crippen molar-refractivity contribution in [1.82, 2.24) is 20.3 Å². The lowest BCUT2D eigenvalue weighted by Gasteiger charge is -2.14. The number of anilines is 1. The van der Waals surface area contributed by atoms with E-state index in [1.54, 1.807) is 12.3 Å². The highest BCUT2D eigenvalue weighted by Gasteiger charge is 2.14. The molecule has 132 valence electrons. The fourth-order valence-corrected chi connectivity index (χ4v) is 2.53. The third-order valence-corrected chi connectivity index (χ3v) is 3.89. The molecule has 6 heteroatoms. The Morgan fingerprint density at radius 3 is 2.58 bits per heavy atom. The largest absolute Gasteiger partial charge is 0.349 e. The van der Waals surface area contributed by atoms with Gasteiger partial charge in [0.15, 0.2) is 0 Å². The number of nitrogens with zero attached hydrogens (tertiary/aromatic N) is 3. The second-order valence-corrected chi connectivity index (χ2v) is 6.00. The standard InChI is InChI=1S/C20H21N5O/c1-14-12-18(19(26)24-15(2)16-8-4-3-5-9-16)25-20(23-14)22-13-17-10-6-7-11-21-17/h3-12,15H,13H2,1-2H3,(H,24,26)(H,22,23,25). The van der Waals surface area contributed by atoms with Gasteiger partial charge in [-0.05, 0) is 37.6 Å². The zero-order chi connectivity index (χ0) is 18.4. The van der Waals surface area contributed by atoms with Crippen molar-refractivity contribution >= 4 is 11.9 Å². The second-order valence-electron chi connectivity index (χ2n) is 6.00. The third-order valence-electron chi connectivity index (χ3n) is 3.89. The topological polar surface area (TPSA) is 79.8 Å². The number of carbonyl (C=O) groups excluding carboxylic acids is 1. The van der Waals surface area contributed by atoms with Crippen molar-refractivity contribution in [3.05, 3.63) is 83.4 Å². The molecular formula is C20H21N5O. The lowest BCUT2D eigenvalue weighted by molar-refractivity contribution is 0.0934. The molecule has 3 aromatic rings. The summed E-state index contributed by atoms with van der Waals surface area (Å²) in [6, 6.07) is 17.1. The Balaban J connectivity index is 1.69. The fraction of sp³-hybridized carbons (Fsp3) is 0.200. The maximum Gasteiger partial charge on any atom is 0.270 e. The van der Waals surface area contributed by atoms with Crippen molar-refractivity contribution in [1.29, 1.82) is 0 Å². The number of carbonyl (C=O) groups is 1. The summed E-state index contributed by atoms with van der Waals surface area (Å²) in [5.41, 5.74) is 2.98. The van der Waals surface area contributed by atoms with E-state index in [0.717, 1.165) is 17.0 Å². The molecule has 3 rings (SSSR count). The van der Waals surface area contributed by atoms with E-state index in [1.807, 2.05) is 62.4 Å². The molecule has 26 heavy (non-hydrogen) atoms. The van der Waals surface area contributed by atoms with Gasteiger partial charge in [0.05, 0.1) is 18.3 Å². The summed E-state index contributed by atoms with van der Waals surface area (Å²) in [6.45, 7) is 4.28. The number of hydrogen-bond acceptors (Lipinski definition) is 5. The van der Waals surface area contributed by atoms with Crippen LogP contribution in [0, 0.1) is 6.92 Å². The van der Waals surface area contributed by atoms with E-state index in [-0.39, 0.29) is 11.9 Å². The molecule has 0 bridgehead atoms. The Labute approximate surface area is 152 Å². The van der Waals surface area contributed by atoms with Crippen LogP contribution in [0.1, 0.15) is 40.4 Å². The summed E-state index contributed by atoms with van der Waals surface area (Å²) in [4.78, 5) is 25.5. The van der Waals surface area contributed by atoms with Gasteiger partial charge >= 0.3 is 0 Å². The number of benzene rings is 1. The van der Waals surface area contributed by atoms with E-state index in [2.05, 4.69) is 25.6 Å². The molecule has 1 atom stereocenters. The number of nitrogens with one attached hydrogen (secondary N) is 2. The van der Waals surface area contributed by atoms with Crippen molar-refractivity contribution in [3.8, 4) is 0 Å². The first-order valence-corrected chi connectivity index (χ1v) is 8.47. The van der Waals surface area contributed by atoms with Gasteiger partial charge in [0, 0.05) is 11.9 Å². The van der Waals surface area contributed by atoms with Gasteiger partial charge in [0.2, 0.25) is 5.95 Å². The quantitative estimate of drug-likeness (QED) is 0.715. The van der Waals surface area contributed by atoms with Crippen molar-refractivity contribution in [2.45, 2.75) is 26.4 Å². The Hall–Kier alpha value is -3.28. The van der Waals surface area contributed by atoms with Crippen molar-refractivity contribution in [3.63, 3.8) is 0 Å². The molecule has 2 aromatic heterocycles. The van der Waals surface area contributed by atoms with Crippen LogP contribution in [0.4, 0.5) is 5.95 Å². The van der Waals surface area contributed by atoms with Crippen LogP contribution in [0.25, 0.3) is 0 Å². The number of rotatable bonds is 6. The minimum Gasteiger partial charge on any atom is -0.349 e. The molecular weight excluding hydrogens is 326 g/mol. The van der Waals surface area contributed by atoms with E-state index in [4.69, 9.17) is 0 Å². The van der Waals surface area contributed by atoms with Gasteiger partial charge in [-0.25, -0.2) is 9.97 Å². The van der Waals surface area contributed by atoms with Crippen LogP contribution in [0.2, 0.25) is 0 Å². The van der Waals surface area contributed by atoms with E-state index in [9.17, 15) is 4.79 Å². The van der Waals surface area contributed by atoms with Crippen molar-refractivity contribution < 1.29 is 4.79 Å². The Bertz CT molecular complexity index is 868. The maximum atomic E-state index is 12.6. The van der Waals surface area contributed by atoms with Gasteiger partial charge in [-0.1, -0.05) is 36.4 Å². The smallest absolute Gasteiger partial charge is 0.270 e. The average Bonchev–Trinajstić information content (AvgIpc) is 2.67. The summed E-state index contributed by atoms with van der Waals surface area (Å²) in [7, 11) is 0. The maximum absolute atomic E-state index is 12.6. The van der Waals surface area contributed by atoms with Crippen molar-refractivity contribution in [2.24, 2.45) is 0 Å². The number of hydrogen-bond donors (Lipinski definition) is 2. The number of aryl methyl sites for hydroxylation is 1. The SMILES string of the molecule is Cc1cc(C(=O)NC(C)c2ccccc2)nc(NCc2ccccn2)n1. The van der Waals surface area contributed by atoms with Gasteiger partial charge in [-0.3, -0.25) is 9.78 Å². The third kappa shape index (κ3) is 4.63. The minimum absolute atomic E-state index is 0.108. The van der Waals surface area contributed by atoms with Gasteiger partial charge in [-0.2, -0.15) is 0 Å². The number of amides is 1. The van der Waals surface area contributed by atoms with Crippen LogP contribution < -0.4 is 10.6 Å². The fourth-order valence-electron chi connectivity index (χ4n) is 2.53. The molecule has 0 aliphatic rings. The summed E-state index contributed by atoms with van der Waals surface area (Å²) >= 11 is 0. The molecule has 6 nitrogen and oxygen atoms in total. The molecule has 1 aromatic carbocycles. The second kappa shape index (κ2) is 8.20.